The van der Waals surface area contributed by atoms with Crippen LogP contribution < -0.4 is 4.90 Å². The Balaban J connectivity index is 1.57. The summed E-state index contributed by atoms with van der Waals surface area (Å²) in [5, 5.41) is 0. The third-order valence-corrected chi connectivity index (χ3v) is 4.99. The van der Waals surface area contributed by atoms with Crippen molar-refractivity contribution in [3.05, 3.63) is 54.1 Å². The highest BCUT2D eigenvalue weighted by Gasteiger charge is 2.25. The number of ether oxygens (including phenoxy) is 1. The largest absolute Gasteiger partial charge is 0.450 e. The van der Waals surface area contributed by atoms with Crippen LogP contribution in [0.4, 0.5) is 10.5 Å². The zero-order valence-electron chi connectivity index (χ0n) is 17.0. The molecule has 0 radical (unpaired) electrons. The van der Waals surface area contributed by atoms with Gasteiger partial charge in [0.2, 0.25) is 0 Å². The number of piperazine rings is 1. The molecule has 0 unspecified atom stereocenters. The Hall–Kier alpha value is -3.16. The Morgan fingerprint density at radius 1 is 1.07 bits per heavy atom. The molecule has 29 heavy (non-hydrogen) atoms. The molecule has 1 aliphatic rings. The van der Waals surface area contributed by atoms with Gasteiger partial charge in [-0.15, -0.1) is 0 Å². The predicted octanol–water partition coefficient (Wildman–Crippen LogP) is 2.07. The van der Waals surface area contributed by atoms with Gasteiger partial charge in [0.05, 0.1) is 24.1 Å². The number of anilines is 1. The molecule has 8 nitrogen and oxygen atoms in total. The third-order valence-electron chi connectivity index (χ3n) is 4.99. The van der Waals surface area contributed by atoms with E-state index >= 15 is 0 Å². The van der Waals surface area contributed by atoms with Crippen LogP contribution in [0.25, 0.3) is 0 Å². The van der Waals surface area contributed by atoms with E-state index in [9.17, 15) is 9.59 Å². The fourth-order valence-electron chi connectivity index (χ4n) is 3.22. The molecule has 0 spiro atoms. The standard InChI is InChI=1S/C21H27N5O3/c1-3-29-21(28)26-12-10-25(11-13-26)20(27)18-14-19(16-23-15-18)24(2)9-6-17-4-7-22-8-5-17/h4-5,7-8,14-16H,3,6,9-13H2,1-2H3. The molecule has 3 rings (SSSR count). The number of carbonyl (C=O) groups is 2. The molecule has 3 heterocycles. The van der Waals surface area contributed by atoms with Crippen molar-refractivity contribution in [3.8, 4) is 0 Å². The van der Waals surface area contributed by atoms with Gasteiger partial charge < -0.3 is 19.4 Å². The highest BCUT2D eigenvalue weighted by atomic mass is 16.6. The van der Waals surface area contributed by atoms with Gasteiger partial charge in [0.25, 0.3) is 5.91 Å². The van der Waals surface area contributed by atoms with Crippen LogP contribution >= 0.6 is 0 Å². The van der Waals surface area contributed by atoms with Crippen molar-refractivity contribution < 1.29 is 14.3 Å². The van der Waals surface area contributed by atoms with Crippen molar-refractivity contribution in [3.63, 3.8) is 0 Å². The quantitative estimate of drug-likeness (QED) is 0.743. The smallest absolute Gasteiger partial charge is 0.409 e. The molecule has 154 valence electrons. The molecule has 8 heteroatoms. The molecular weight excluding hydrogens is 370 g/mol. The Bertz CT molecular complexity index is 822. The molecule has 0 aromatic carbocycles. The number of aromatic nitrogens is 2. The fraction of sp³-hybridized carbons (Fsp3) is 0.429. The number of carbonyl (C=O) groups excluding carboxylic acids is 2. The minimum atomic E-state index is -0.320. The van der Waals surface area contributed by atoms with Gasteiger partial charge in [-0.1, -0.05) is 0 Å². The van der Waals surface area contributed by atoms with Crippen molar-refractivity contribution in [1.29, 1.82) is 0 Å². The predicted molar refractivity (Wildman–Crippen MR) is 110 cm³/mol. The van der Waals surface area contributed by atoms with Crippen molar-refractivity contribution in [2.24, 2.45) is 0 Å². The van der Waals surface area contributed by atoms with Gasteiger partial charge in [-0.05, 0) is 37.1 Å². The minimum absolute atomic E-state index is 0.0645. The molecule has 0 atom stereocenters. The monoisotopic (exact) mass is 397 g/mol. The fourth-order valence-corrected chi connectivity index (χ4v) is 3.22. The number of rotatable bonds is 6. The van der Waals surface area contributed by atoms with Crippen LogP contribution in [0.3, 0.4) is 0 Å². The average molecular weight is 397 g/mol. The summed E-state index contributed by atoms with van der Waals surface area (Å²) in [4.78, 5) is 38.5. The summed E-state index contributed by atoms with van der Waals surface area (Å²) in [5.41, 5.74) is 2.67. The van der Waals surface area contributed by atoms with Crippen LogP contribution in [0.2, 0.25) is 0 Å². The molecule has 0 saturated carbocycles. The van der Waals surface area contributed by atoms with Gasteiger partial charge >= 0.3 is 6.09 Å². The summed E-state index contributed by atoms with van der Waals surface area (Å²) in [6.07, 6.45) is 7.50. The number of likely N-dealkylation sites (N-methyl/N-ethyl adjacent to an activating group) is 1. The van der Waals surface area contributed by atoms with E-state index in [1.165, 1.54) is 5.56 Å². The van der Waals surface area contributed by atoms with Gasteiger partial charge in [-0.2, -0.15) is 0 Å². The zero-order valence-corrected chi connectivity index (χ0v) is 17.0. The van der Waals surface area contributed by atoms with E-state index in [2.05, 4.69) is 14.9 Å². The zero-order chi connectivity index (χ0) is 20.6. The number of hydrogen-bond acceptors (Lipinski definition) is 6. The number of amides is 2. The van der Waals surface area contributed by atoms with Crippen molar-refractivity contribution in [1.82, 2.24) is 19.8 Å². The van der Waals surface area contributed by atoms with Crippen LogP contribution in [-0.2, 0) is 11.2 Å². The Kier molecular flexibility index (Phi) is 6.99. The average Bonchev–Trinajstić information content (AvgIpc) is 2.78. The molecule has 0 aliphatic carbocycles. The number of nitrogens with zero attached hydrogens (tertiary/aromatic N) is 5. The maximum Gasteiger partial charge on any atom is 0.409 e. The van der Waals surface area contributed by atoms with Gasteiger partial charge in [-0.25, -0.2) is 4.79 Å². The first kappa shape index (κ1) is 20.6. The van der Waals surface area contributed by atoms with E-state index in [4.69, 9.17) is 4.74 Å². The molecule has 0 bridgehead atoms. The van der Waals surface area contributed by atoms with E-state index in [0.717, 1.165) is 18.7 Å². The van der Waals surface area contributed by atoms with Crippen molar-refractivity contribution in [2.75, 3.05) is 51.3 Å². The summed E-state index contributed by atoms with van der Waals surface area (Å²) in [6, 6.07) is 5.88. The minimum Gasteiger partial charge on any atom is -0.450 e. The second-order valence-corrected chi connectivity index (χ2v) is 6.94. The van der Waals surface area contributed by atoms with Crippen LogP contribution in [0.15, 0.2) is 43.0 Å². The van der Waals surface area contributed by atoms with Crippen molar-refractivity contribution in [2.45, 2.75) is 13.3 Å². The lowest BCUT2D eigenvalue weighted by Crippen LogP contribution is -2.50. The molecule has 2 amide bonds. The normalized spacial score (nSPS) is 13.9. The van der Waals surface area contributed by atoms with Gasteiger partial charge in [0.1, 0.15) is 0 Å². The van der Waals surface area contributed by atoms with E-state index in [0.29, 0.717) is 38.3 Å². The van der Waals surface area contributed by atoms with E-state index in [1.54, 1.807) is 41.5 Å². The highest BCUT2D eigenvalue weighted by molar-refractivity contribution is 5.95. The van der Waals surface area contributed by atoms with Gasteiger partial charge in [0.15, 0.2) is 0 Å². The molecule has 2 aromatic rings. The maximum absolute atomic E-state index is 12.9. The lowest BCUT2D eigenvalue weighted by molar-refractivity contribution is 0.0570. The molecule has 2 aromatic heterocycles. The van der Waals surface area contributed by atoms with Crippen LogP contribution in [0.5, 0.6) is 0 Å². The summed E-state index contributed by atoms with van der Waals surface area (Å²) in [6.45, 7) is 4.87. The van der Waals surface area contributed by atoms with Crippen LogP contribution in [0, 0.1) is 0 Å². The molecular formula is C21H27N5O3. The van der Waals surface area contributed by atoms with Crippen LogP contribution in [0.1, 0.15) is 22.8 Å². The van der Waals surface area contributed by atoms with Crippen LogP contribution in [-0.4, -0.2) is 78.1 Å². The second kappa shape index (κ2) is 9.86. The lowest BCUT2D eigenvalue weighted by atomic mass is 10.1. The first-order valence-corrected chi connectivity index (χ1v) is 9.84. The summed E-state index contributed by atoms with van der Waals surface area (Å²) >= 11 is 0. The van der Waals surface area contributed by atoms with E-state index in [-0.39, 0.29) is 12.0 Å². The third kappa shape index (κ3) is 5.43. The SMILES string of the molecule is CCOC(=O)N1CCN(C(=O)c2cncc(N(C)CCc3ccncc3)c2)CC1. The lowest BCUT2D eigenvalue weighted by Gasteiger charge is -2.34. The maximum atomic E-state index is 12.9. The summed E-state index contributed by atoms with van der Waals surface area (Å²) < 4.78 is 5.02. The van der Waals surface area contributed by atoms with E-state index < -0.39 is 0 Å². The molecule has 1 fully saturated rings. The Morgan fingerprint density at radius 3 is 2.45 bits per heavy atom. The van der Waals surface area contributed by atoms with Gasteiger partial charge in [-0.3, -0.25) is 14.8 Å². The summed E-state index contributed by atoms with van der Waals surface area (Å²) in [5.74, 6) is -0.0645. The number of hydrogen-bond donors (Lipinski definition) is 0. The first-order valence-electron chi connectivity index (χ1n) is 9.84. The van der Waals surface area contributed by atoms with Crippen molar-refractivity contribution >= 4 is 17.7 Å². The second-order valence-electron chi connectivity index (χ2n) is 6.94. The molecule has 1 aliphatic heterocycles. The molecule has 0 N–H and O–H groups in total. The topological polar surface area (TPSA) is 78.9 Å². The van der Waals surface area contributed by atoms with E-state index in [1.807, 2.05) is 25.2 Å². The van der Waals surface area contributed by atoms with Gasteiger partial charge in [0, 0.05) is 58.4 Å². The highest BCUT2D eigenvalue weighted by Crippen LogP contribution is 2.16. The summed E-state index contributed by atoms with van der Waals surface area (Å²) in [7, 11) is 1.99. The molecule has 1 saturated heterocycles. The Morgan fingerprint density at radius 2 is 1.76 bits per heavy atom. The first-order chi connectivity index (χ1) is 14.1. The number of pyridine rings is 2. The Labute approximate surface area is 171 Å².